The normalized spacial score (nSPS) is 9.93. The van der Waals surface area contributed by atoms with Gasteiger partial charge in [-0.3, -0.25) is 0 Å². The molecule has 0 fully saturated rings. The fraction of sp³-hybridized carbons (Fsp3) is 0.200. The third-order valence-electron chi connectivity index (χ3n) is 1.60. The molecule has 0 aliphatic carbocycles. The lowest BCUT2D eigenvalue weighted by Crippen LogP contribution is -1.99. The van der Waals surface area contributed by atoms with E-state index in [1.807, 2.05) is 6.07 Å². The highest BCUT2D eigenvalue weighted by atomic mass is 79.9. The van der Waals surface area contributed by atoms with E-state index in [0.29, 0.717) is 10.8 Å². The number of hydrogen-bond acceptors (Lipinski definition) is 2. The number of rotatable bonds is 4. The monoisotopic (exact) mass is 276 g/mol. The second-order valence-corrected chi connectivity index (χ2v) is 3.82. The van der Waals surface area contributed by atoms with Gasteiger partial charge in [0.2, 0.25) is 0 Å². The van der Waals surface area contributed by atoms with Crippen molar-refractivity contribution in [3.05, 3.63) is 33.8 Å². The Morgan fingerprint density at radius 2 is 2.29 bits per heavy atom. The van der Waals surface area contributed by atoms with Gasteiger partial charge in [0.1, 0.15) is 5.75 Å². The highest BCUT2D eigenvalue weighted by molar-refractivity contribution is 9.10. The molecular formula is C10H10BrClO2. The minimum atomic E-state index is 0.205. The summed E-state index contributed by atoms with van der Waals surface area (Å²) in [5, 5.41) is 0.598. The second kappa shape index (κ2) is 5.39. The Bertz CT molecular complexity index is 316. The Hall–Kier alpha value is -0.510. The van der Waals surface area contributed by atoms with Crippen LogP contribution >= 0.6 is 27.5 Å². The number of hydrogen-bond donors (Lipinski definition) is 0. The number of halogens is 2. The first-order valence-electron chi connectivity index (χ1n) is 3.92. The fourth-order valence-electron chi connectivity index (χ4n) is 0.966. The molecule has 0 heterocycles. The van der Waals surface area contributed by atoms with Gasteiger partial charge in [0, 0.05) is 17.1 Å². The molecule has 4 heteroatoms. The van der Waals surface area contributed by atoms with Gasteiger partial charge in [-0.1, -0.05) is 24.3 Å². The Kier molecular flexibility index (Phi) is 4.45. The van der Waals surface area contributed by atoms with Crippen molar-refractivity contribution in [3.63, 3.8) is 0 Å². The number of methoxy groups -OCH3 is 1. The molecule has 0 saturated carbocycles. The first kappa shape index (κ1) is 11.6. The van der Waals surface area contributed by atoms with Crippen molar-refractivity contribution in [2.75, 3.05) is 13.9 Å². The van der Waals surface area contributed by atoms with Crippen molar-refractivity contribution in [3.8, 4) is 5.75 Å². The lowest BCUT2D eigenvalue weighted by Gasteiger charge is -2.08. The first-order chi connectivity index (χ1) is 6.69. The van der Waals surface area contributed by atoms with E-state index in [1.165, 1.54) is 0 Å². The van der Waals surface area contributed by atoms with Crippen LogP contribution in [0, 0.1) is 0 Å². The zero-order chi connectivity index (χ0) is 10.6. The average Bonchev–Trinajstić information content (AvgIpc) is 2.14. The molecule has 76 valence electrons. The van der Waals surface area contributed by atoms with E-state index >= 15 is 0 Å². The topological polar surface area (TPSA) is 18.5 Å². The highest BCUT2D eigenvalue weighted by Crippen LogP contribution is 2.31. The molecule has 2 nitrogen and oxygen atoms in total. The lowest BCUT2D eigenvalue weighted by atomic mass is 10.2. The average molecular weight is 278 g/mol. The van der Waals surface area contributed by atoms with Gasteiger partial charge in [-0.25, -0.2) is 0 Å². The van der Waals surface area contributed by atoms with Crippen molar-refractivity contribution in [1.29, 1.82) is 0 Å². The molecular weight excluding hydrogens is 267 g/mol. The zero-order valence-electron chi connectivity index (χ0n) is 7.72. The molecule has 0 spiro atoms. The van der Waals surface area contributed by atoms with Crippen LogP contribution in [0.1, 0.15) is 5.56 Å². The van der Waals surface area contributed by atoms with Gasteiger partial charge in [0.15, 0.2) is 6.79 Å². The molecule has 14 heavy (non-hydrogen) atoms. The van der Waals surface area contributed by atoms with Crippen LogP contribution in [0.2, 0.25) is 5.02 Å². The van der Waals surface area contributed by atoms with E-state index in [-0.39, 0.29) is 6.79 Å². The van der Waals surface area contributed by atoms with Gasteiger partial charge in [-0.15, -0.1) is 0 Å². The van der Waals surface area contributed by atoms with Crippen LogP contribution in [0.5, 0.6) is 5.75 Å². The summed E-state index contributed by atoms with van der Waals surface area (Å²) in [6, 6.07) is 3.55. The maximum Gasteiger partial charge on any atom is 0.188 e. The Morgan fingerprint density at radius 3 is 2.79 bits per heavy atom. The predicted octanol–water partition coefficient (Wildman–Crippen LogP) is 3.73. The van der Waals surface area contributed by atoms with Gasteiger partial charge >= 0.3 is 0 Å². The van der Waals surface area contributed by atoms with Crippen LogP contribution in [0.4, 0.5) is 0 Å². The Labute approximate surface area is 96.6 Å². The van der Waals surface area contributed by atoms with E-state index in [1.54, 1.807) is 19.3 Å². The zero-order valence-corrected chi connectivity index (χ0v) is 10.1. The standard InChI is InChI=1S/C10H10BrClO2/c1-3-8-9(11)4-7(5-10(8)12)14-6-13-2/h3-5H,1,6H2,2H3. The van der Waals surface area contributed by atoms with Crippen molar-refractivity contribution < 1.29 is 9.47 Å². The molecule has 0 unspecified atom stereocenters. The maximum atomic E-state index is 5.99. The van der Waals surface area contributed by atoms with E-state index < -0.39 is 0 Å². The van der Waals surface area contributed by atoms with Crippen LogP contribution in [0.3, 0.4) is 0 Å². The first-order valence-corrected chi connectivity index (χ1v) is 5.09. The summed E-state index contributed by atoms with van der Waals surface area (Å²) in [6.07, 6.45) is 1.69. The van der Waals surface area contributed by atoms with E-state index in [0.717, 1.165) is 10.0 Å². The molecule has 0 atom stereocenters. The fourth-order valence-corrected chi connectivity index (χ4v) is 1.97. The molecule has 0 N–H and O–H groups in total. The molecule has 0 bridgehead atoms. The van der Waals surface area contributed by atoms with Gasteiger partial charge in [-0.05, 0) is 28.1 Å². The van der Waals surface area contributed by atoms with Crippen LogP contribution in [0.15, 0.2) is 23.2 Å². The van der Waals surface area contributed by atoms with Crippen molar-refractivity contribution in [2.24, 2.45) is 0 Å². The SMILES string of the molecule is C=Cc1c(Cl)cc(OCOC)cc1Br. The molecule has 1 aromatic carbocycles. The highest BCUT2D eigenvalue weighted by Gasteiger charge is 2.05. The molecule has 0 saturated heterocycles. The molecule has 0 amide bonds. The Morgan fingerprint density at radius 1 is 1.57 bits per heavy atom. The molecule has 0 aromatic heterocycles. The minimum Gasteiger partial charge on any atom is -0.467 e. The van der Waals surface area contributed by atoms with Gasteiger partial charge in [-0.2, -0.15) is 0 Å². The van der Waals surface area contributed by atoms with Crippen molar-refractivity contribution in [2.45, 2.75) is 0 Å². The van der Waals surface area contributed by atoms with Crippen molar-refractivity contribution in [1.82, 2.24) is 0 Å². The molecule has 0 aliphatic heterocycles. The quantitative estimate of drug-likeness (QED) is 0.781. The lowest BCUT2D eigenvalue weighted by molar-refractivity contribution is 0.0511. The summed E-state index contributed by atoms with van der Waals surface area (Å²) in [4.78, 5) is 0. The molecule has 0 radical (unpaired) electrons. The summed E-state index contributed by atoms with van der Waals surface area (Å²) in [6.45, 7) is 3.87. The van der Waals surface area contributed by atoms with Crippen molar-refractivity contribution >= 4 is 33.6 Å². The van der Waals surface area contributed by atoms with E-state index in [9.17, 15) is 0 Å². The number of ether oxygens (including phenoxy) is 2. The largest absolute Gasteiger partial charge is 0.467 e. The molecule has 0 aliphatic rings. The van der Waals surface area contributed by atoms with E-state index in [4.69, 9.17) is 21.1 Å². The number of benzene rings is 1. The van der Waals surface area contributed by atoms with E-state index in [2.05, 4.69) is 22.5 Å². The summed E-state index contributed by atoms with van der Waals surface area (Å²) in [5.74, 6) is 0.661. The second-order valence-electron chi connectivity index (χ2n) is 2.56. The molecule has 1 rings (SSSR count). The van der Waals surface area contributed by atoms with Gasteiger partial charge in [0.05, 0.1) is 5.02 Å². The summed E-state index contributed by atoms with van der Waals surface area (Å²) in [5.41, 5.74) is 0.858. The summed E-state index contributed by atoms with van der Waals surface area (Å²) >= 11 is 9.37. The van der Waals surface area contributed by atoms with Crippen LogP contribution in [-0.4, -0.2) is 13.9 Å². The summed E-state index contributed by atoms with van der Waals surface area (Å²) < 4.78 is 10.9. The third-order valence-corrected chi connectivity index (χ3v) is 2.57. The maximum absolute atomic E-state index is 5.99. The van der Waals surface area contributed by atoms with Gasteiger partial charge in [0.25, 0.3) is 0 Å². The van der Waals surface area contributed by atoms with Crippen LogP contribution in [-0.2, 0) is 4.74 Å². The smallest absolute Gasteiger partial charge is 0.188 e. The summed E-state index contributed by atoms with van der Waals surface area (Å²) in [7, 11) is 1.56. The van der Waals surface area contributed by atoms with Crippen LogP contribution < -0.4 is 4.74 Å². The predicted molar refractivity (Wildman–Crippen MR) is 61.7 cm³/mol. The van der Waals surface area contributed by atoms with Gasteiger partial charge < -0.3 is 9.47 Å². The third kappa shape index (κ3) is 2.74. The molecule has 1 aromatic rings. The minimum absolute atomic E-state index is 0.205. The Balaban J connectivity index is 2.95. The van der Waals surface area contributed by atoms with Crippen LogP contribution in [0.25, 0.3) is 6.08 Å².